The SMILES string of the molecule is CC(C)CN1CC[C@H](N2CCCC2)[C@H](CCC(=O)O)C1. The molecule has 116 valence electrons. The number of rotatable bonds is 6. The van der Waals surface area contributed by atoms with E-state index in [1.165, 1.54) is 38.9 Å². The van der Waals surface area contributed by atoms with E-state index in [9.17, 15) is 4.79 Å². The van der Waals surface area contributed by atoms with Crippen molar-refractivity contribution in [3.05, 3.63) is 0 Å². The third-order valence-electron chi connectivity index (χ3n) is 4.74. The van der Waals surface area contributed by atoms with E-state index in [0.29, 0.717) is 24.3 Å². The molecule has 2 fully saturated rings. The molecule has 0 aromatic carbocycles. The molecule has 20 heavy (non-hydrogen) atoms. The van der Waals surface area contributed by atoms with Gasteiger partial charge in [0.1, 0.15) is 0 Å². The van der Waals surface area contributed by atoms with Crippen LogP contribution in [0.4, 0.5) is 0 Å². The fourth-order valence-electron chi connectivity index (χ4n) is 3.92. The van der Waals surface area contributed by atoms with Crippen molar-refractivity contribution in [3.8, 4) is 0 Å². The van der Waals surface area contributed by atoms with Crippen LogP contribution in [0.5, 0.6) is 0 Å². The fourth-order valence-corrected chi connectivity index (χ4v) is 3.92. The lowest BCUT2D eigenvalue weighted by Gasteiger charge is -2.43. The minimum atomic E-state index is -0.647. The van der Waals surface area contributed by atoms with E-state index in [2.05, 4.69) is 23.6 Å². The van der Waals surface area contributed by atoms with Gasteiger partial charge in [0.2, 0.25) is 0 Å². The van der Waals surface area contributed by atoms with Crippen LogP contribution in [-0.4, -0.2) is 59.6 Å². The van der Waals surface area contributed by atoms with E-state index in [1.807, 2.05) is 0 Å². The first-order valence-electron chi connectivity index (χ1n) is 8.24. The van der Waals surface area contributed by atoms with Crippen LogP contribution >= 0.6 is 0 Å². The first-order valence-corrected chi connectivity index (χ1v) is 8.24. The molecular formula is C16H30N2O2. The van der Waals surface area contributed by atoms with Crippen molar-refractivity contribution in [1.82, 2.24) is 9.80 Å². The predicted octanol–water partition coefficient (Wildman–Crippen LogP) is 2.29. The first-order chi connectivity index (χ1) is 9.56. The Bertz CT molecular complexity index is 314. The Morgan fingerprint density at radius 2 is 1.95 bits per heavy atom. The zero-order valence-electron chi connectivity index (χ0n) is 13.1. The standard InChI is InChI=1S/C16H30N2O2/c1-13(2)11-17-10-7-15(18-8-3-4-9-18)14(12-17)5-6-16(19)20/h13-15H,3-12H2,1-2H3,(H,19,20)/t14-,15+/m1/s1. The van der Waals surface area contributed by atoms with Gasteiger partial charge in [0.25, 0.3) is 0 Å². The summed E-state index contributed by atoms with van der Waals surface area (Å²) in [6.45, 7) is 10.4. The summed E-state index contributed by atoms with van der Waals surface area (Å²) in [6.07, 6.45) is 5.02. The lowest BCUT2D eigenvalue weighted by molar-refractivity contribution is -0.137. The topological polar surface area (TPSA) is 43.8 Å². The number of carbonyl (C=O) groups is 1. The second-order valence-electron chi connectivity index (χ2n) is 6.95. The number of piperidine rings is 1. The smallest absolute Gasteiger partial charge is 0.303 e. The van der Waals surface area contributed by atoms with Crippen LogP contribution < -0.4 is 0 Å². The van der Waals surface area contributed by atoms with E-state index in [1.54, 1.807) is 0 Å². The zero-order valence-corrected chi connectivity index (χ0v) is 13.1. The predicted molar refractivity (Wildman–Crippen MR) is 80.8 cm³/mol. The largest absolute Gasteiger partial charge is 0.481 e. The van der Waals surface area contributed by atoms with Gasteiger partial charge in [-0.05, 0) is 57.2 Å². The highest BCUT2D eigenvalue weighted by Crippen LogP contribution is 2.29. The molecule has 0 amide bonds. The zero-order chi connectivity index (χ0) is 14.5. The third kappa shape index (κ3) is 4.45. The normalized spacial score (nSPS) is 29.1. The van der Waals surface area contributed by atoms with Gasteiger partial charge in [-0.15, -0.1) is 0 Å². The summed E-state index contributed by atoms with van der Waals surface area (Å²) in [5, 5.41) is 8.98. The van der Waals surface area contributed by atoms with Gasteiger partial charge < -0.3 is 14.9 Å². The van der Waals surface area contributed by atoms with E-state index in [-0.39, 0.29) is 0 Å². The maximum Gasteiger partial charge on any atom is 0.303 e. The van der Waals surface area contributed by atoms with Gasteiger partial charge in [0, 0.05) is 25.6 Å². The molecule has 0 unspecified atom stereocenters. The molecule has 0 saturated carbocycles. The highest BCUT2D eigenvalue weighted by atomic mass is 16.4. The second kappa shape index (κ2) is 7.41. The molecule has 2 aliphatic heterocycles. The Hall–Kier alpha value is -0.610. The third-order valence-corrected chi connectivity index (χ3v) is 4.74. The molecule has 0 aliphatic carbocycles. The average molecular weight is 282 g/mol. The highest BCUT2D eigenvalue weighted by molar-refractivity contribution is 5.66. The van der Waals surface area contributed by atoms with Gasteiger partial charge >= 0.3 is 5.97 Å². The van der Waals surface area contributed by atoms with E-state index in [4.69, 9.17) is 5.11 Å². The molecule has 2 aliphatic rings. The summed E-state index contributed by atoms with van der Waals surface area (Å²) >= 11 is 0. The Balaban J connectivity index is 1.93. The number of hydrogen-bond donors (Lipinski definition) is 1. The number of hydrogen-bond acceptors (Lipinski definition) is 3. The molecular weight excluding hydrogens is 252 g/mol. The summed E-state index contributed by atoms with van der Waals surface area (Å²) in [7, 11) is 0. The van der Waals surface area contributed by atoms with Crippen LogP contribution in [0.2, 0.25) is 0 Å². The van der Waals surface area contributed by atoms with Crippen LogP contribution in [0.1, 0.15) is 46.0 Å². The quantitative estimate of drug-likeness (QED) is 0.812. The molecule has 0 bridgehead atoms. The first kappa shape index (κ1) is 15.8. The lowest BCUT2D eigenvalue weighted by Crippen LogP contribution is -2.51. The highest BCUT2D eigenvalue weighted by Gasteiger charge is 2.34. The second-order valence-corrected chi connectivity index (χ2v) is 6.95. The van der Waals surface area contributed by atoms with Crippen molar-refractivity contribution in [1.29, 1.82) is 0 Å². The molecule has 4 nitrogen and oxygen atoms in total. The molecule has 0 radical (unpaired) electrons. The molecule has 2 rings (SSSR count). The summed E-state index contributed by atoms with van der Waals surface area (Å²) in [5.74, 6) is 0.585. The Labute approximate surface area is 123 Å². The van der Waals surface area contributed by atoms with Crippen LogP contribution in [0.25, 0.3) is 0 Å². The summed E-state index contributed by atoms with van der Waals surface area (Å²) in [5.41, 5.74) is 0. The number of carboxylic acid groups (broad SMARTS) is 1. The Kier molecular flexibility index (Phi) is 5.85. The van der Waals surface area contributed by atoms with Crippen molar-refractivity contribution in [2.75, 3.05) is 32.7 Å². The minimum Gasteiger partial charge on any atom is -0.481 e. The Morgan fingerprint density at radius 3 is 2.55 bits per heavy atom. The molecule has 4 heteroatoms. The van der Waals surface area contributed by atoms with Gasteiger partial charge in [-0.2, -0.15) is 0 Å². The van der Waals surface area contributed by atoms with Crippen molar-refractivity contribution < 1.29 is 9.90 Å². The summed E-state index contributed by atoms with van der Waals surface area (Å²) in [6, 6.07) is 0.625. The van der Waals surface area contributed by atoms with E-state index >= 15 is 0 Å². The van der Waals surface area contributed by atoms with Crippen LogP contribution in [0, 0.1) is 11.8 Å². The van der Waals surface area contributed by atoms with E-state index in [0.717, 1.165) is 19.5 Å². The monoisotopic (exact) mass is 282 g/mol. The van der Waals surface area contributed by atoms with E-state index < -0.39 is 5.97 Å². The maximum absolute atomic E-state index is 10.9. The van der Waals surface area contributed by atoms with Gasteiger partial charge in [-0.1, -0.05) is 13.8 Å². The molecule has 2 atom stereocenters. The number of aliphatic carboxylic acids is 1. The van der Waals surface area contributed by atoms with Gasteiger partial charge in [0.05, 0.1) is 0 Å². The molecule has 2 heterocycles. The summed E-state index contributed by atoms with van der Waals surface area (Å²) < 4.78 is 0. The molecule has 0 aromatic heterocycles. The van der Waals surface area contributed by atoms with Crippen molar-refractivity contribution in [2.24, 2.45) is 11.8 Å². The number of likely N-dealkylation sites (tertiary alicyclic amines) is 2. The summed E-state index contributed by atoms with van der Waals surface area (Å²) in [4.78, 5) is 16.1. The minimum absolute atomic E-state index is 0.324. The maximum atomic E-state index is 10.9. The molecule has 0 spiro atoms. The fraction of sp³-hybridized carbons (Fsp3) is 0.938. The molecule has 0 aromatic rings. The molecule has 2 saturated heterocycles. The van der Waals surface area contributed by atoms with Gasteiger partial charge in [-0.25, -0.2) is 0 Å². The Morgan fingerprint density at radius 1 is 1.25 bits per heavy atom. The van der Waals surface area contributed by atoms with Crippen LogP contribution in [-0.2, 0) is 4.79 Å². The number of nitrogens with zero attached hydrogens (tertiary/aromatic N) is 2. The van der Waals surface area contributed by atoms with Crippen LogP contribution in [0.3, 0.4) is 0 Å². The van der Waals surface area contributed by atoms with Crippen molar-refractivity contribution in [2.45, 2.75) is 52.0 Å². The van der Waals surface area contributed by atoms with Crippen LogP contribution in [0.15, 0.2) is 0 Å². The van der Waals surface area contributed by atoms with Gasteiger partial charge in [-0.3, -0.25) is 4.79 Å². The lowest BCUT2D eigenvalue weighted by atomic mass is 9.87. The molecule has 1 N–H and O–H groups in total. The van der Waals surface area contributed by atoms with Crippen molar-refractivity contribution >= 4 is 5.97 Å². The van der Waals surface area contributed by atoms with Crippen molar-refractivity contribution in [3.63, 3.8) is 0 Å². The van der Waals surface area contributed by atoms with Gasteiger partial charge in [0.15, 0.2) is 0 Å². The average Bonchev–Trinajstić information content (AvgIpc) is 2.89. The number of carboxylic acids is 1.